The molecule has 0 heterocycles. The second-order valence-corrected chi connectivity index (χ2v) is 5.55. The molecule has 3 atom stereocenters. The third-order valence-corrected chi connectivity index (χ3v) is 4.28. The van der Waals surface area contributed by atoms with Crippen LogP contribution in [0.3, 0.4) is 0 Å². The second-order valence-electron chi connectivity index (χ2n) is 5.55. The first-order valence-electron chi connectivity index (χ1n) is 7.25. The minimum absolute atomic E-state index is 0.569. The molecule has 2 nitrogen and oxygen atoms in total. The van der Waals surface area contributed by atoms with Gasteiger partial charge < -0.3 is 0 Å². The zero-order valence-electron chi connectivity index (χ0n) is 11.2. The molecule has 1 saturated carbocycles. The minimum atomic E-state index is 0.569. The molecular weight excluding hydrogens is 196 g/mol. The molecule has 0 spiro atoms. The van der Waals surface area contributed by atoms with Gasteiger partial charge in [0.25, 0.3) is 0 Å². The van der Waals surface area contributed by atoms with E-state index in [0.717, 1.165) is 11.8 Å². The smallest absolute Gasteiger partial charge is 0.0241 e. The lowest BCUT2D eigenvalue weighted by Gasteiger charge is -2.26. The molecule has 0 aromatic rings. The van der Waals surface area contributed by atoms with Crippen molar-refractivity contribution in [2.24, 2.45) is 17.7 Å². The van der Waals surface area contributed by atoms with E-state index in [1.54, 1.807) is 0 Å². The van der Waals surface area contributed by atoms with Crippen LogP contribution in [0, 0.1) is 11.8 Å². The standard InChI is InChI=1S/C14H30N2/c1-3-4-5-6-7-11-14(16-15)13-10-8-9-12(13)2/h12-14,16H,3-11,15H2,1-2H3. The van der Waals surface area contributed by atoms with Crippen LogP contribution in [0.4, 0.5) is 0 Å². The number of rotatable bonds is 8. The lowest BCUT2D eigenvalue weighted by atomic mass is 9.87. The van der Waals surface area contributed by atoms with Crippen molar-refractivity contribution >= 4 is 0 Å². The van der Waals surface area contributed by atoms with Crippen molar-refractivity contribution < 1.29 is 0 Å². The SMILES string of the molecule is CCCCCCCC(NN)C1CCCC1C. The van der Waals surface area contributed by atoms with Crippen LogP contribution < -0.4 is 11.3 Å². The fourth-order valence-corrected chi connectivity index (χ4v) is 3.16. The molecule has 0 aromatic heterocycles. The Morgan fingerprint density at radius 2 is 1.94 bits per heavy atom. The van der Waals surface area contributed by atoms with Crippen molar-refractivity contribution in [2.75, 3.05) is 0 Å². The summed E-state index contributed by atoms with van der Waals surface area (Å²) < 4.78 is 0. The molecule has 3 unspecified atom stereocenters. The van der Waals surface area contributed by atoms with Crippen LogP contribution in [0.2, 0.25) is 0 Å². The van der Waals surface area contributed by atoms with Gasteiger partial charge in [-0.1, -0.05) is 58.8 Å². The van der Waals surface area contributed by atoms with Gasteiger partial charge in [0.1, 0.15) is 0 Å². The number of hydrogen-bond acceptors (Lipinski definition) is 2. The molecule has 1 aliphatic carbocycles. The Morgan fingerprint density at radius 3 is 2.50 bits per heavy atom. The van der Waals surface area contributed by atoms with Gasteiger partial charge in [-0.05, 0) is 24.7 Å². The number of nitrogens with two attached hydrogens (primary N) is 1. The summed E-state index contributed by atoms with van der Waals surface area (Å²) in [6, 6.07) is 0.569. The fraction of sp³-hybridized carbons (Fsp3) is 1.00. The molecule has 0 aromatic carbocycles. The molecule has 1 rings (SSSR count). The van der Waals surface area contributed by atoms with Crippen molar-refractivity contribution in [1.29, 1.82) is 0 Å². The van der Waals surface area contributed by atoms with Crippen LogP contribution in [0.5, 0.6) is 0 Å². The number of hydrazine groups is 1. The summed E-state index contributed by atoms with van der Waals surface area (Å²) >= 11 is 0. The Kier molecular flexibility index (Phi) is 7.06. The number of unbranched alkanes of at least 4 members (excludes halogenated alkanes) is 4. The van der Waals surface area contributed by atoms with E-state index in [0.29, 0.717) is 6.04 Å². The summed E-state index contributed by atoms with van der Waals surface area (Å²) in [5.74, 6) is 7.41. The van der Waals surface area contributed by atoms with E-state index in [1.165, 1.54) is 57.8 Å². The first-order valence-corrected chi connectivity index (χ1v) is 7.25. The van der Waals surface area contributed by atoms with Gasteiger partial charge in [0.2, 0.25) is 0 Å². The average molecular weight is 226 g/mol. The maximum absolute atomic E-state index is 5.71. The van der Waals surface area contributed by atoms with Crippen molar-refractivity contribution in [3.8, 4) is 0 Å². The maximum atomic E-state index is 5.71. The molecule has 16 heavy (non-hydrogen) atoms. The van der Waals surface area contributed by atoms with Crippen LogP contribution in [-0.4, -0.2) is 6.04 Å². The van der Waals surface area contributed by atoms with Crippen molar-refractivity contribution in [1.82, 2.24) is 5.43 Å². The molecule has 0 aliphatic heterocycles. The van der Waals surface area contributed by atoms with E-state index >= 15 is 0 Å². The Bertz CT molecular complexity index is 170. The zero-order chi connectivity index (χ0) is 11.8. The van der Waals surface area contributed by atoms with E-state index in [4.69, 9.17) is 5.84 Å². The van der Waals surface area contributed by atoms with E-state index in [9.17, 15) is 0 Å². The van der Waals surface area contributed by atoms with Gasteiger partial charge in [0.05, 0.1) is 0 Å². The van der Waals surface area contributed by atoms with E-state index < -0.39 is 0 Å². The predicted octanol–water partition coefficient (Wildman–Crippen LogP) is 3.62. The third kappa shape index (κ3) is 4.42. The van der Waals surface area contributed by atoms with Crippen LogP contribution in [-0.2, 0) is 0 Å². The van der Waals surface area contributed by atoms with Crippen molar-refractivity contribution in [3.63, 3.8) is 0 Å². The highest BCUT2D eigenvalue weighted by atomic mass is 15.2. The Labute approximate surface area is 101 Å². The lowest BCUT2D eigenvalue weighted by molar-refractivity contribution is 0.279. The van der Waals surface area contributed by atoms with E-state index in [1.807, 2.05) is 0 Å². The van der Waals surface area contributed by atoms with Gasteiger partial charge in [0, 0.05) is 6.04 Å². The lowest BCUT2D eigenvalue weighted by Crippen LogP contribution is -2.41. The highest BCUT2D eigenvalue weighted by Crippen LogP contribution is 2.34. The third-order valence-electron chi connectivity index (χ3n) is 4.28. The molecule has 0 amide bonds. The maximum Gasteiger partial charge on any atom is 0.0241 e. The fourth-order valence-electron chi connectivity index (χ4n) is 3.16. The molecule has 3 N–H and O–H groups in total. The highest BCUT2D eigenvalue weighted by Gasteiger charge is 2.29. The molecule has 1 fully saturated rings. The molecule has 1 aliphatic rings. The van der Waals surface area contributed by atoms with Gasteiger partial charge in [-0.2, -0.15) is 0 Å². The molecule has 2 heteroatoms. The first-order chi connectivity index (χ1) is 7.79. The number of hydrogen-bond donors (Lipinski definition) is 2. The Morgan fingerprint density at radius 1 is 1.19 bits per heavy atom. The molecule has 96 valence electrons. The van der Waals surface area contributed by atoms with Crippen LogP contribution in [0.25, 0.3) is 0 Å². The quantitative estimate of drug-likeness (QED) is 0.377. The normalized spacial score (nSPS) is 27.2. The van der Waals surface area contributed by atoms with Gasteiger partial charge in [-0.15, -0.1) is 0 Å². The summed E-state index contributed by atoms with van der Waals surface area (Å²) in [6.45, 7) is 4.66. The topological polar surface area (TPSA) is 38.0 Å². The van der Waals surface area contributed by atoms with Crippen LogP contribution in [0.1, 0.15) is 71.6 Å². The van der Waals surface area contributed by atoms with Gasteiger partial charge >= 0.3 is 0 Å². The molecule has 0 radical (unpaired) electrons. The van der Waals surface area contributed by atoms with Crippen molar-refractivity contribution in [3.05, 3.63) is 0 Å². The highest BCUT2D eigenvalue weighted by molar-refractivity contribution is 4.83. The summed E-state index contributed by atoms with van der Waals surface area (Å²) in [5, 5.41) is 0. The monoisotopic (exact) mass is 226 g/mol. The summed E-state index contributed by atoms with van der Waals surface area (Å²) in [5.41, 5.74) is 3.07. The summed E-state index contributed by atoms with van der Waals surface area (Å²) in [6.07, 6.45) is 12.3. The van der Waals surface area contributed by atoms with Gasteiger partial charge in [-0.25, -0.2) is 0 Å². The molecule has 0 bridgehead atoms. The average Bonchev–Trinajstić information content (AvgIpc) is 2.70. The minimum Gasteiger partial charge on any atom is -0.271 e. The van der Waals surface area contributed by atoms with Gasteiger partial charge in [-0.3, -0.25) is 11.3 Å². The Hall–Kier alpha value is -0.0800. The second kappa shape index (κ2) is 8.08. The largest absolute Gasteiger partial charge is 0.271 e. The van der Waals surface area contributed by atoms with Crippen LogP contribution in [0.15, 0.2) is 0 Å². The summed E-state index contributed by atoms with van der Waals surface area (Å²) in [4.78, 5) is 0. The predicted molar refractivity (Wildman–Crippen MR) is 71.0 cm³/mol. The molecule has 0 saturated heterocycles. The van der Waals surface area contributed by atoms with E-state index in [2.05, 4.69) is 19.3 Å². The Balaban J connectivity index is 2.16. The number of nitrogens with one attached hydrogen (secondary N) is 1. The van der Waals surface area contributed by atoms with Crippen LogP contribution >= 0.6 is 0 Å². The zero-order valence-corrected chi connectivity index (χ0v) is 11.2. The molecular formula is C14H30N2. The first kappa shape index (κ1) is 14.0. The van der Waals surface area contributed by atoms with Gasteiger partial charge in [0.15, 0.2) is 0 Å². The summed E-state index contributed by atoms with van der Waals surface area (Å²) in [7, 11) is 0. The van der Waals surface area contributed by atoms with Crippen molar-refractivity contribution in [2.45, 2.75) is 77.7 Å². The van der Waals surface area contributed by atoms with E-state index in [-0.39, 0.29) is 0 Å².